The van der Waals surface area contributed by atoms with Crippen LogP contribution < -0.4 is 0 Å². The molecule has 2 heterocycles. The monoisotopic (exact) mass is 380 g/mol. The molecule has 26 heavy (non-hydrogen) atoms. The van der Waals surface area contributed by atoms with E-state index >= 15 is 0 Å². The van der Waals surface area contributed by atoms with Crippen molar-refractivity contribution in [2.24, 2.45) is 0 Å². The van der Waals surface area contributed by atoms with E-state index in [2.05, 4.69) is 103 Å². The smallest absolute Gasteiger partial charge is 0.221 e. The van der Waals surface area contributed by atoms with E-state index in [-0.39, 0.29) is 21.7 Å². The first kappa shape index (κ1) is 22.7. The molecule has 0 saturated heterocycles. The van der Waals surface area contributed by atoms with Gasteiger partial charge < -0.3 is 4.42 Å². The normalized spacial score (nSPS) is 13.4. The Hall–Kier alpha value is -1.30. The first-order chi connectivity index (χ1) is 11.4. The molecule has 0 aromatic carbocycles. The van der Waals surface area contributed by atoms with Crippen LogP contribution in [0.15, 0.2) is 4.42 Å². The van der Waals surface area contributed by atoms with Crippen molar-refractivity contribution in [2.75, 3.05) is 0 Å². The maximum absolute atomic E-state index is 5.59. The molecule has 0 amide bonds. The van der Waals surface area contributed by atoms with Gasteiger partial charge in [-0.05, 0) is 0 Å². The highest BCUT2D eigenvalue weighted by molar-refractivity contribution is 7.11. The van der Waals surface area contributed by atoms with Gasteiger partial charge in [0.2, 0.25) is 11.8 Å². The van der Waals surface area contributed by atoms with Crippen LogP contribution in [-0.4, -0.2) is 20.4 Å². The number of hydrogen-bond donors (Lipinski definition) is 0. The molecule has 2 rings (SSSR count). The molecule has 0 aliphatic heterocycles. The van der Waals surface area contributed by atoms with E-state index in [1.54, 1.807) is 11.3 Å². The van der Waals surface area contributed by atoms with Crippen LogP contribution in [-0.2, 0) is 21.7 Å². The van der Waals surface area contributed by atoms with Gasteiger partial charge in [0.1, 0.15) is 10.0 Å². The molecule has 2 aromatic heterocycles. The van der Waals surface area contributed by atoms with Gasteiger partial charge in [0.05, 0.1) is 0 Å². The Labute approximate surface area is 163 Å². The van der Waals surface area contributed by atoms with Gasteiger partial charge in [0.15, 0.2) is 0 Å². The average molecular weight is 381 g/mol. The summed E-state index contributed by atoms with van der Waals surface area (Å²) < 4.78 is 5.59. The van der Waals surface area contributed by atoms with Crippen molar-refractivity contribution in [1.29, 1.82) is 0 Å². The fourth-order valence-electron chi connectivity index (χ4n) is 1.66. The zero-order chi connectivity index (χ0) is 20.6. The van der Waals surface area contributed by atoms with Crippen LogP contribution in [0.3, 0.4) is 0 Å². The number of nitrogens with zero attached hydrogens (tertiary/aromatic N) is 4. The van der Waals surface area contributed by atoms with E-state index in [4.69, 9.17) is 4.42 Å². The van der Waals surface area contributed by atoms with E-state index in [1.807, 2.05) is 0 Å². The summed E-state index contributed by atoms with van der Waals surface area (Å²) in [6, 6.07) is 0. The Balaban J connectivity index is 0.000000260. The predicted octanol–water partition coefficient (Wildman–Crippen LogP) is 5.80. The van der Waals surface area contributed by atoms with Crippen LogP contribution in [0.5, 0.6) is 0 Å². The maximum Gasteiger partial charge on any atom is 0.221 e. The van der Waals surface area contributed by atoms with Crippen molar-refractivity contribution in [3.8, 4) is 0 Å². The van der Waals surface area contributed by atoms with Gasteiger partial charge >= 0.3 is 0 Å². The third-order valence-corrected chi connectivity index (χ3v) is 5.19. The number of aromatic nitrogens is 4. The summed E-state index contributed by atoms with van der Waals surface area (Å²) in [6.07, 6.45) is 0. The summed E-state index contributed by atoms with van der Waals surface area (Å²) in [6.45, 7) is 25.4. The Morgan fingerprint density at radius 2 is 0.808 bits per heavy atom. The van der Waals surface area contributed by atoms with Gasteiger partial charge in [-0.25, -0.2) is 0 Å². The molecule has 0 fully saturated rings. The summed E-state index contributed by atoms with van der Waals surface area (Å²) in [5.41, 5.74) is 0.134. The van der Waals surface area contributed by atoms with Crippen LogP contribution in [0.4, 0.5) is 0 Å². The van der Waals surface area contributed by atoms with Crippen LogP contribution in [0.25, 0.3) is 0 Å². The molecule has 0 N–H and O–H groups in total. The quantitative estimate of drug-likeness (QED) is 0.578. The lowest BCUT2D eigenvalue weighted by Crippen LogP contribution is -2.12. The van der Waals surface area contributed by atoms with Gasteiger partial charge in [-0.1, -0.05) is 83.1 Å². The minimum Gasteiger partial charge on any atom is -0.424 e. The van der Waals surface area contributed by atoms with Gasteiger partial charge in [0, 0.05) is 21.7 Å². The molecule has 0 bridgehead atoms. The van der Waals surface area contributed by atoms with Gasteiger partial charge in [0.25, 0.3) is 0 Å². The maximum atomic E-state index is 5.59. The van der Waals surface area contributed by atoms with Crippen molar-refractivity contribution >= 4 is 11.3 Å². The molecule has 0 unspecified atom stereocenters. The molecule has 0 aliphatic rings. The summed E-state index contributed by atoms with van der Waals surface area (Å²) in [4.78, 5) is 0. The SMILES string of the molecule is CC(C)(C)c1nnc(C(C)(C)C)o1.CC(C)(C)c1nnc(C(C)(C)C)s1. The Bertz CT molecular complexity index is 584. The molecule has 0 radical (unpaired) electrons. The van der Waals surface area contributed by atoms with E-state index in [9.17, 15) is 0 Å². The lowest BCUT2D eigenvalue weighted by molar-refractivity contribution is 0.331. The van der Waals surface area contributed by atoms with Gasteiger partial charge in [-0.3, -0.25) is 0 Å². The van der Waals surface area contributed by atoms with Crippen molar-refractivity contribution < 1.29 is 4.42 Å². The molecule has 148 valence electrons. The van der Waals surface area contributed by atoms with Crippen LogP contribution >= 0.6 is 11.3 Å². The average Bonchev–Trinajstić information content (AvgIpc) is 3.06. The number of rotatable bonds is 0. The minimum atomic E-state index is -0.0590. The molecule has 0 spiro atoms. The zero-order valence-corrected chi connectivity index (χ0v) is 19.4. The molecular weight excluding hydrogens is 344 g/mol. The molecule has 0 aliphatic carbocycles. The van der Waals surface area contributed by atoms with Crippen molar-refractivity contribution in [3.05, 3.63) is 21.8 Å². The van der Waals surface area contributed by atoms with Gasteiger partial charge in [-0.2, -0.15) is 0 Å². The van der Waals surface area contributed by atoms with Crippen molar-refractivity contribution in [2.45, 2.75) is 105 Å². The van der Waals surface area contributed by atoms with Gasteiger partial charge in [-0.15, -0.1) is 31.7 Å². The standard InChI is InChI=1S/C10H18N2O.C10H18N2S/c2*1-9(2,3)7-11-12-8(13-7)10(4,5)6/h2*1-6H3. The Morgan fingerprint density at radius 1 is 0.500 bits per heavy atom. The van der Waals surface area contributed by atoms with Crippen molar-refractivity contribution in [1.82, 2.24) is 20.4 Å². The summed E-state index contributed by atoms with van der Waals surface area (Å²) in [7, 11) is 0. The molecule has 2 aromatic rings. The summed E-state index contributed by atoms with van der Waals surface area (Å²) in [5.74, 6) is 1.41. The second-order valence-corrected chi connectivity index (χ2v) is 11.8. The molecule has 0 atom stereocenters. The first-order valence-corrected chi connectivity index (χ1v) is 9.93. The highest BCUT2D eigenvalue weighted by atomic mass is 32.1. The van der Waals surface area contributed by atoms with Crippen molar-refractivity contribution in [3.63, 3.8) is 0 Å². The largest absolute Gasteiger partial charge is 0.424 e. The molecule has 0 saturated carbocycles. The minimum absolute atomic E-state index is 0.0590. The third-order valence-electron chi connectivity index (χ3n) is 3.42. The summed E-state index contributed by atoms with van der Waals surface area (Å²) in [5, 5.41) is 18.8. The van der Waals surface area contributed by atoms with E-state index in [0.717, 1.165) is 10.0 Å². The fraction of sp³-hybridized carbons (Fsp3) is 0.800. The van der Waals surface area contributed by atoms with E-state index in [0.29, 0.717) is 11.8 Å². The third kappa shape index (κ3) is 6.45. The second kappa shape index (κ2) is 7.37. The highest BCUT2D eigenvalue weighted by Gasteiger charge is 2.26. The Kier molecular flexibility index (Phi) is 6.45. The first-order valence-electron chi connectivity index (χ1n) is 9.11. The number of hydrogen-bond acceptors (Lipinski definition) is 6. The fourth-order valence-corrected chi connectivity index (χ4v) is 2.62. The second-order valence-electron chi connectivity index (χ2n) is 10.8. The van der Waals surface area contributed by atoms with Crippen LogP contribution in [0.1, 0.15) is 105 Å². The van der Waals surface area contributed by atoms with E-state index in [1.165, 1.54) is 0 Å². The van der Waals surface area contributed by atoms with E-state index < -0.39 is 0 Å². The zero-order valence-electron chi connectivity index (χ0n) is 18.6. The van der Waals surface area contributed by atoms with Crippen LogP contribution in [0, 0.1) is 0 Å². The molecular formula is C20H36N4OS. The summed E-state index contributed by atoms with van der Waals surface area (Å²) >= 11 is 1.72. The van der Waals surface area contributed by atoms with Crippen LogP contribution in [0.2, 0.25) is 0 Å². The lowest BCUT2D eigenvalue weighted by Gasteiger charge is -2.14. The highest BCUT2D eigenvalue weighted by Crippen LogP contribution is 2.31. The topological polar surface area (TPSA) is 64.7 Å². The Morgan fingerprint density at radius 3 is 0.962 bits per heavy atom. The predicted molar refractivity (Wildman–Crippen MR) is 109 cm³/mol. The molecule has 6 heteroatoms. The lowest BCUT2D eigenvalue weighted by atomic mass is 9.96. The molecule has 5 nitrogen and oxygen atoms in total.